The molecule has 3 aliphatic rings. The van der Waals surface area contributed by atoms with Gasteiger partial charge in [0.2, 0.25) is 11.8 Å². The molecule has 0 aromatic heterocycles. The molecule has 2 aliphatic heterocycles. The van der Waals surface area contributed by atoms with Gasteiger partial charge in [-0.1, -0.05) is 18.2 Å². The SMILES string of the molecule is O=C(CC1=CCCC=C1)N[C@@H]1C(=O)N2C(C(=O)O)C=C(CO)CS[C@H]12. The number of fused-ring (bicyclic) bond motifs is 1. The number of aliphatic hydroxyl groups is 1. The predicted molar refractivity (Wildman–Crippen MR) is 92.7 cm³/mol. The first kappa shape index (κ1) is 17.8. The Morgan fingerprint density at radius 3 is 2.80 bits per heavy atom. The number of nitrogens with one attached hydrogen (secondary N) is 1. The van der Waals surface area contributed by atoms with Gasteiger partial charge >= 0.3 is 5.97 Å². The van der Waals surface area contributed by atoms with E-state index in [1.54, 1.807) is 0 Å². The van der Waals surface area contributed by atoms with E-state index in [1.165, 1.54) is 22.7 Å². The topological polar surface area (TPSA) is 107 Å². The summed E-state index contributed by atoms with van der Waals surface area (Å²) >= 11 is 1.36. The summed E-state index contributed by atoms with van der Waals surface area (Å²) < 4.78 is 0. The minimum atomic E-state index is -1.14. The van der Waals surface area contributed by atoms with E-state index in [-0.39, 0.29) is 18.9 Å². The number of amides is 2. The lowest BCUT2D eigenvalue weighted by molar-refractivity contribution is -0.159. The van der Waals surface area contributed by atoms with E-state index in [9.17, 15) is 24.6 Å². The van der Waals surface area contributed by atoms with Crippen LogP contribution in [0.15, 0.2) is 35.5 Å². The fourth-order valence-electron chi connectivity index (χ4n) is 3.13. The minimum absolute atomic E-state index is 0.208. The van der Waals surface area contributed by atoms with Crippen LogP contribution in [-0.2, 0) is 14.4 Å². The fourth-order valence-corrected chi connectivity index (χ4v) is 4.48. The van der Waals surface area contributed by atoms with Crippen molar-refractivity contribution < 1.29 is 24.6 Å². The predicted octanol–water partition coefficient (Wildman–Crippen LogP) is 0.425. The number of aliphatic hydroxyl groups excluding tert-OH is 1. The van der Waals surface area contributed by atoms with E-state index in [1.807, 2.05) is 18.2 Å². The lowest BCUT2D eigenvalue weighted by atomic mass is 10.0. The molecule has 134 valence electrons. The number of allylic oxidation sites excluding steroid dienone is 3. The van der Waals surface area contributed by atoms with E-state index in [0.29, 0.717) is 11.3 Å². The molecule has 1 unspecified atom stereocenters. The number of β-lactam (4-membered cyclic amide) rings is 1. The normalized spacial score (nSPS) is 28.3. The maximum atomic E-state index is 12.4. The number of rotatable bonds is 5. The van der Waals surface area contributed by atoms with Gasteiger partial charge < -0.3 is 20.4 Å². The quantitative estimate of drug-likeness (QED) is 0.482. The molecular formula is C17H20N2O5S. The third-order valence-corrected chi connectivity index (χ3v) is 5.80. The molecule has 0 bridgehead atoms. The number of carboxylic acids is 1. The molecule has 1 saturated heterocycles. The van der Waals surface area contributed by atoms with E-state index < -0.39 is 29.3 Å². The molecule has 0 spiro atoms. The number of hydrogen-bond donors (Lipinski definition) is 3. The number of hydrogen-bond acceptors (Lipinski definition) is 5. The van der Waals surface area contributed by atoms with Gasteiger partial charge in [-0.05, 0) is 30.1 Å². The number of aliphatic carboxylic acids is 1. The van der Waals surface area contributed by atoms with Crippen molar-refractivity contribution in [3.63, 3.8) is 0 Å². The lowest BCUT2D eigenvalue weighted by Crippen LogP contribution is -2.72. The highest BCUT2D eigenvalue weighted by Gasteiger charge is 2.53. The van der Waals surface area contributed by atoms with Crippen molar-refractivity contribution in [3.8, 4) is 0 Å². The molecule has 0 aromatic carbocycles. The summed E-state index contributed by atoms with van der Waals surface area (Å²) in [6.45, 7) is -0.247. The van der Waals surface area contributed by atoms with Gasteiger partial charge in [-0.15, -0.1) is 11.8 Å². The number of nitrogens with zero attached hydrogens (tertiary/aromatic N) is 1. The maximum Gasteiger partial charge on any atom is 0.330 e. The van der Waals surface area contributed by atoms with Crippen molar-refractivity contribution in [2.24, 2.45) is 0 Å². The van der Waals surface area contributed by atoms with Crippen LogP contribution in [0.4, 0.5) is 0 Å². The van der Waals surface area contributed by atoms with Gasteiger partial charge in [-0.2, -0.15) is 0 Å². The summed E-state index contributed by atoms with van der Waals surface area (Å²) in [6, 6.07) is -1.83. The third-order valence-electron chi connectivity index (χ3n) is 4.42. The molecular weight excluding hydrogens is 344 g/mol. The molecule has 2 heterocycles. The average Bonchev–Trinajstić information content (AvgIpc) is 2.78. The van der Waals surface area contributed by atoms with Crippen LogP contribution in [0.5, 0.6) is 0 Å². The van der Waals surface area contributed by atoms with Gasteiger partial charge in [-0.3, -0.25) is 9.59 Å². The van der Waals surface area contributed by atoms with Gasteiger partial charge in [0.05, 0.1) is 13.0 Å². The lowest BCUT2D eigenvalue weighted by Gasteiger charge is -2.47. The third kappa shape index (κ3) is 3.64. The van der Waals surface area contributed by atoms with E-state index in [4.69, 9.17) is 0 Å². The molecule has 3 atom stereocenters. The zero-order valence-corrected chi connectivity index (χ0v) is 14.4. The summed E-state index contributed by atoms with van der Waals surface area (Å²) in [5.74, 6) is -1.37. The second-order valence-electron chi connectivity index (χ2n) is 6.19. The largest absolute Gasteiger partial charge is 0.479 e. The number of carboxylic acid groups (broad SMARTS) is 1. The first-order valence-electron chi connectivity index (χ1n) is 8.13. The molecule has 8 heteroatoms. The Morgan fingerprint density at radius 2 is 2.16 bits per heavy atom. The Hall–Kier alpha value is -2.06. The van der Waals surface area contributed by atoms with Crippen molar-refractivity contribution in [2.45, 2.75) is 36.7 Å². The molecule has 0 aromatic rings. The average molecular weight is 364 g/mol. The zero-order chi connectivity index (χ0) is 18.0. The van der Waals surface area contributed by atoms with Crippen molar-refractivity contribution in [1.82, 2.24) is 10.2 Å². The van der Waals surface area contributed by atoms with Crippen molar-refractivity contribution >= 4 is 29.5 Å². The van der Waals surface area contributed by atoms with Crippen molar-refractivity contribution in [1.29, 1.82) is 0 Å². The summed E-state index contributed by atoms with van der Waals surface area (Å²) in [6.07, 6.45) is 9.44. The molecule has 3 rings (SSSR count). The number of carbonyl (C=O) groups is 3. The summed E-state index contributed by atoms with van der Waals surface area (Å²) in [5, 5.41) is 21.0. The second kappa shape index (κ2) is 7.45. The fraction of sp³-hybridized carbons (Fsp3) is 0.471. The molecule has 25 heavy (non-hydrogen) atoms. The highest BCUT2D eigenvalue weighted by molar-refractivity contribution is 8.00. The highest BCUT2D eigenvalue weighted by Crippen LogP contribution is 2.36. The molecule has 3 N–H and O–H groups in total. The second-order valence-corrected chi connectivity index (χ2v) is 7.30. The van der Waals surface area contributed by atoms with Crippen LogP contribution >= 0.6 is 11.8 Å². The Balaban J connectivity index is 1.66. The monoisotopic (exact) mass is 364 g/mol. The molecule has 2 amide bonds. The Morgan fingerprint density at radius 1 is 1.36 bits per heavy atom. The van der Waals surface area contributed by atoms with Crippen LogP contribution in [0.3, 0.4) is 0 Å². The van der Waals surface area contributed by atoms with E-state index in [0.717, 1.165) is 18.4 Å². The van der Waals surface area contributed by atoms with Crippen molar-refractivity contribution in [3.05, 3.63) is 35.5 Å². The first-order chi connectivity index (χ1) is 12.0. The molecule has 1 aliphatic carbocycles. The minimum Gasteiger partial charge on any atom is -0.479 e. The Labute approximate surface area is 149 Å². The number of carbonyl (C=O) groups excluding carboxylic acids is 2. The zero-order valence-electron chi connectivity index (χ0n) is 13.6. The van der Waals surface area contributed by atoms with Gasteiger partial charge in [-0.25, -0.2) is 4.79 Å². The van der Waals surface area contributed by atoms with Crippen LogP contribution in [0.2, 0.25) is 0 Å². The molecule has 0 saturated carbocycles. The molecule has 0 radical (unpaired) electrons. The van der Waals surface area contributed by atoms with Gasteiger partial charge in [0.15, 0.2) is 0 Å². The highest BCUT2D eigenvalue weighted by atomic mass is 32.2. The van der Waals surface area contributed by atoms with Crippen LogP contribution in [0.1, 0.15) is 19.3 Å². The summed E-state index contributed by atoms with van der Waals surface area (Å²) in [7, 11) is 0. The molecule has 1 fully saturated rings. The summed E-state index contributed by atoms with van der Waals surface area (Å²) in [5.41, 5.74) is 1.50. The van der Waals surface area contributed by atoms with Gasteiger partial charge in [0.25, 0.3) is 0 Å². The Kier molecular flexibility index (Phi) is 5.29. The number of thioether (sulfide) groups is 1. The summed E-state index contributed by atoms with van der Waals surface area (Å²) in [4.78, 5) is 37.3. The van der Waals surface area contributed by atoms with Crippen LogP contribution < -0.4 is 5.32 Å². The van der Waals surface area contributed by atoms with Crippen molar-refractivity contribution in [2.75, 3.05) is 12.4 Å². The maximum absolute atomic E-state index is 12.4. The van der Waals surface area contributed by atoms with E-state index >= 15 is 0 Å². The van der Waals surface area contributed by atoms with Gasteiger partial charge in [0.1, 0.15) is 17.5 Å². The standard InChI is InChI=1S/C17H20N2O5S/c20-8-11-6-12(17(23)24)19-15(22)14(16(19)25-9-11)18-13(21)7-10-4-2-1-3-5-10/h2,4-6,12,14,16,20H,1,3,7-9H2,(H,18,21)(H,23,24)/t12?,14-,16-/m1/s1. The smallest absolute Gasteiger partial charge is 0.330 e. The van der Waals surface area contributed by atoms with Crippen LogP contribution in [0, 0.1) is 0 Å². The van der Waals surface area contributed by atoms with Crippen LogP contribution in [-0.4, -0.2) is 62.7 Å². The molecule has 7 nitrogen and oxygen atoms in total. The Bertz CT molecular complexity index is 685. The van der Waals surface area contributed by atoms with Gasteiger partial charge in [0, 0.05) is 5.75 Å². The van der Waals surface area contributed by atoms with Crippen LogP contribution in [0.25, 0.3) is 0 Å². The first-order valence-corrected chi connectivity index (χ1v) is 9.18. The van der Waals surface area contributed by atoms with E-state index in [2.05, 4.69) is 5.32 Å².